The molecule has 0 aromatic carbocycles. The number of anilines is 1. The van der Waals surface area contributed by atoms with Crippen LogP contribution < -0.4 is 5.32 Å². The third kappa shape index (κ3) is 3.46. The van der Waals surface area contributed by atoms with Crippen molar-refractivity contribution in [2.45, 2.75) is 25.7 Å². The Morgan fingerprint density at radius 2 is 1.71 bits per heavy atom. The molecule has 2 aromatic rings. The monoisotopic (exact) mass is 345 g/mol. The Labute approximate surface area is 141 Å². The highest BCUT2D eigenvalue weighted by molar-refractivity contribution is 7.13. The topological polar surface area (TPSA) is 105 Å². The lowest BCUT2D eigenvalue weighted by atomic mass is 10.2. The summed E-state index contributed by atoms with van der Waals surface area (Å²) in [6.07, 6.45) is 6.85. The molecule has 9 heteroatoms. The first-order chi connectivity index (χ1) is 11.7. The van der Waals surface area contributed by atoms with E-state index in [1.807, 2.05) is 0 Å². The fourth-order valence-corrected chi connectivity index (χ4v) is 2.95. The highest BCUT2D eigenvalue weighted by Crippen LogP contribution is 2.19. The Morgan fingerprint density at radius 1 is 1.00 bits per heavy atom. The molecule has 0 radical (unpaired) electrons. The number of aromatic nitrogens is 3. The van der Waals surface area contributed by atoms with Crippen LogP contribution in [-0.2, 0) is 4.79 Å². The third-order valence-corrected chi connectivity index (χ3v) is 4.25. The highest BCUT2D eigenvalue weighted by atomic mass is 32.1. The van der Waals surface area contributed by atoms with Crippen LogP contribution in [-0.4, -0.2) is 44.1 Å². The van der Waals surface area contributed by atoms with Crippen LogP contribution in [0, 0.1) is 0 Å². The minimum atomic E-state index is -0.399. The molecule has 124 valence electrons. The van der Waals surface area contributed by atoms with Gasteiger partial charge in [0.2, 0.25) is 5.91 Å². The number of carbonyl (C=O) groups excluding carboxylic acids is 3. The van der Waals surface area contributed by atoms with Crippen molar-refractivity contribution in [1.29, 1.82) is 0 Å². The van der Waals surface area contributed by atoms with Crippen LogP contribution in [0.3, 0.4) is 0 Å². The van der Waals surface area contributed by atoms with Crippen molar-refractivity contribution in [3.05, 3.63) is 35.4 Å². The molecule has 1 aliphatic heterocycles. The summed E-state index contributed by atoms with van der Waals surface area (Å²) in [4.78, 5) is 48.9. The van der Waals surface area contributed by atoms with Gasteiger partial charge in [0.05, 0.1) is 0 Å². The van der Waals surface area contributed by atoms with Crippen LogP contribution in [0.5, 0.6) is 0 Å². The summed E-state index contributed by atoms with van der Waals surface area (Å²) < 4.78 is 0. The number of hydrogen-bond donors (Lipinski definition) is 1. The molecule has 0 bridgehead atoms. The standard InChI is InChI=1S/C15H15N5O3S/c21-10(19-15-18-7-9-24-15)4-2-1-3-8-20-13(22)11-12(14(20)23)17-6-5-16-11/h5-7,9H,1-4,8H2,(H,18,19,21). The van der Waals surface area contributed by atoms with Crippen LogP contribution in [0.1, 0.15) is 46.7 Å². The highest BCUT2D eigenvalue weighted by Gasteiger charge is 2.37. The van der Waals surface area contributed by atoms with E-state index in [2.05, 4.69) is 20.3 Å². The molecule has 3 amide bonds. The van der Waals surface area contributed by atoms with Gasteiger partial charge in [-0.25, -0.2) is 15.0 Å². The zero-order chi connectivity index (χ0) is 16.9. The van der Waals surface area contributed by atoms with Gasteiger partial charge in [-0.15, -0.1) is 11.3 Å². The Hall–Kier alpha value is -2.68. The summed E-state index contributed by atoms with van der Waals surface area (Å²) in [6.45, 7) is 0.309. The van der Waals surface area contributed by atoms with Crippen LogP contribution in [0.4, 0.5) is 5.13 Å². The van der Waals surface area contributed by atoms with Crippen LogP contribution in [0.15, 0.2) is 24.0 Å². The lowest BCUT2D eigenvalue weighted by Crippen LogP contribution is -2.31. The fraction of sp³-hybridized carbons (Fsp3) is 0.333. The summed E-state index contributed by atoms with van der Waals surface area (Å²) in [5, 5.41) is 5.10. The third-order valence-electron chi connectivity index (χ3n) is 3.56. The van der Waals surface area contributed by atoms with Crippen molar-refractivity contribution in [2.24, 2.45) is 0 Å². The second-order valence-corrected chi connectivity index (χ2v) is 6.11. The molecule has 3 rings (SSSR count). The maximum Gasteiger partial charge on any atom is 0.281 e. The molecule has 0 aliphatic carbocycles. The van der Waals surface area contributed by atoms with Crippen molar-refractivity contribution in [2.75, 3.05) is 11.9 Å². The van der Waals surface area contributed by atoms with Crippen LogP contribution in [0.25, 0.3) is 0 Å². The summed E-state index contributed by atoms with van der Waals surface area (Å²) in [7, 11) is 0. The smallest absolute Gasteiger partial charge is 0.281 e. The Morgan fingerprint density at radius 3 is 2.33 bits per heavy atom. The molecular weight excluding hydrogens is 330 g/mol. The van der Waals surface area contributed by atoms with E-state index in [9.17, 15) is 14.4 Å². The lowest BCUT2D eigenvalue weighted by Gasteiger charge is -2.12. The van der Waals surface area contributed by atoms with Crippen LogP contribution in [0.2, 0.25) is 0 Å². The SMILES string of the molecule is O=C(CCCCCN1C(=O)c2nccnc2C1=O)Nc1nccs1. The number of fused-ring (bicyclic) bond motifs is 1. The van der Waals surface area contributed by atoms with Gasteiger partial charge in [0.25, 0.3) is 11.8 Å². The largest absolute Gasteiger partial charge is 0.302 e. The van der Waals surface area contributed by atoms with Gasteiger partial charge in [0, 0.05) is 36.9 Å². The average molecular weight is 345 g/mol. The first kappa shape index (κ1) is 16.2. The van der Waals surface area contributed by atoms with Crippen LogP contribution >= 0.6 is 11.3 Å². The number of thiazole rings is 1. The van der Waals surface area contributed by atoms with Crippen molar-refractivity contribution in [3.63, 3.8) is 0 Å². The number of unbranched alkanes of at least 4 members (excludes halogenated alkanes) is 2. The molecule has 2 aromatic heterocycles. The van der Waals surface area contributed by atoms with E-state index in [4.69, 9.17) is 0 Å². The number of rotatable bonds is 7. The number of carbonyl (C=O) groups is 3. The predicted molar refractivity (Wildman–Crippen MR) is 86.6 cm³/mol. The van der Waals surface area contributed by atoms with E-state index in [-0.39, 0.29) is 17.3 Å². The van der Waals surface area contributed by atoms with E-state index in [1.165, 1.54) is 28.6 Å². The molecule has 1 aliphatic rings. The Balaban J connectivity index is 1.39. The van der Waals surface area contributed by atoms with Crippen molar-refractivity contribution < 1.29 is 14.4 Å². The molecule has 0 saturated heterocycles. The van der Waals surface area contributed by atoms with Gasteiger partial charge >= 0.3 is 0 Å². The van der Waals surface area contributed by atoms with Crippen molar-refractivity contribution in [1.82, 2.24) is 19.9 Å². The van der Waals surface area contributed by atoms with Gasteiger partial charge in [-0.1, -0.05) is 6.42 Å². The van der Waals surface area contributed by atoms with E-state index in [0.717, 1.165) is 6.42 Å². The zero-order valence-corrected chi connectivity index (χ0v) is 13.6. The quantitative estimate of drug-likeness (QED) is 0.605. The number of nitrogens with zero attached hydrogens (tertiary/aromatic N) is 4. The molecule has 3 heterocycles. The van der Waals surface area contributed by atoms with Gasteiger partial charge in [-0.2, -0.15) is 0 Å². The normalized spacial score (nSPS) is 13.2. The Kier molecular flexibility index (Phi) is 4.90. The molecule has 1 N–H and O–H groups in total. The molecule has 0 atom stereocenters. The molecule has 0 saturated carbocycles. The fourth-order valence-electron chi connectivity index (χ4n) is 2.40. The Bertz CT molecular complexity index is 727. The van der Waals surface area contributed by atoms with E-state index in [1.54, 1.807) is 11.6 Å². The number of nitrogens with one attached hydrogen (secondary N) is 1. The summed E-state index contributed by atoms with van der Waals surface area (Å²) in [6, 6.07) is 0. The maximum atomic E-state index is 12.1. The van der Waals surface area contributed by atoms with Gasteiger partial charge in [0.1, 0.15) is 0 Å². The number of amides is 3. The zero-order valence-electron chi connectivity index (χ0n) is 12.8. The van der Waals surface area contributed by atoms with E-state index < -0.39 is 11.8 Å². The van der Waals surface area contributed by atoms with Gasteiger partial charge in [0.15, 0.2) is 16.5 Å². The molecule has 0 fully saturated rings. The molecule has 24 heavy (non-hydrogen) atoms. The molecule has 0 unspecified atom stereocenters. The van der Waals surface area contributed by atoms with Crippen molar-refractivity contribution in [3.8, 4) is 0 Å². The number of hydrogen-bond acceptors (Lipinski definition) is 7. The van der Waals surface area contributed by atoms with Gasteiger partial charge in [-0.3, -0.25) is 19.3 Å². The minimum Gasteiger partial charge on any atom is -0.302 e. The summed E-state index contributed by atoms with van der Waals surface area (Å²) in [5.74, 6) is -0.881. The van der Waals surface area contributed by atoms with Gasteiger partial charge < -0.3 is 5.32 Å². The maximum absolute atomic E-state index is 12.1. The van der Waals surface area contributed by atoms with E-state index >= 15 is 0 Å². The molecular formula is C15H15N5O3S. The predicted octanol–water partition coefficient (Wildman–Crippen LogP) is 1.73. The molecule has 0 spiro atoms. The van der Waals surface area contributed by atoms with Crippen molar-refractivity contribution >= 4 is 34.2 Å². The average Bonchev–Trinajstić information content (AvgIpc) is 3.17. The summed E-state index contributed by atoms with van der Waals surface area (Å²) in [5.41, 5.74) is 0.232. The molecule has 8 nitrogen and oxygen atoms in total. The first-order valence-electron chi connectivity index (χ1n) is 7.53. The lowest BCUT2D eigenvalue weighted by molar-refractivity contribution is -0.116. The first-order valence-corrected chi connectivity index (χ1v) is 8.41. The second kappa shape index (κ2) is 7.26. The number of imide groups is 1. The second-order valence-electron chi connectivity index (χ2n) is 5.21. The van der Waals surface area contributed by atoms with E-state index in [0.29, 0.717) is 30.9 Å². The van der Waals surface area contributed by atoms with Gasteiger partial charge in [-0.05, 0) is 12.8 Å². The minimum absolute atomic E-state index is 0.0842. The summed E-state index contributed by atoms with van der Waals surface area (Å²) >= 11 is 1.37.